The molecule has 0 aliphatic carbocycles. The van der Waals surface area contributed by atoms with E-state index in [0.717, 1.165) is 11.4 Å². The molecule has 2 nitrogen and oxygen atoms in total. The van der Waals surface area contributed by atoms with Crippen molar-refractivity contribution in [3.05, 3.63) is 34.9 Å². The summed E-state index contributed by atoms with van der Waals surface area (Å²) in [7, 11) is 1.61. The van der Waals surface area contributed by atoms with Crippen LogP contribution in [-0.2, 0) is 15.9 Å². The zero-order valence-electron chi connectivity index (χ0n) is 7.63. The molecule has 1 rings (SSSR count). The highest BCUT2D eigenvalue weighted by molar-refractivity contribution is 6.30. The van der Waals surface area contributed by atoms with Gasteiger partial charge in [0.05, 0.1) is 6.61 Å². The summed E-state index contributed by atoms with van der Waals surface area (Å²) >= 11 is 5.82. The quantitative estimate of drug-likeness (QED) is 0.537. The van der Waals surface area contributed by atoms with Gasteiger partial charge >= 0.3 is 0 Å². The van der Waals surface area contributed by atoms with Crippen molar-refractivity contribution < 1.29 is 9.47 Å². The predicted octanol–water partition coefficient (Wildman–Crippen LogP) is 2.50. The monoisotopic (exact) mass is 200 g/mol. The maximum atomic E-state index is 5.82. The second kappa shape index (κ2) is 5.97. The highest BCUT2D eigenvalue weighted by Gasteiger charge is 1.93. The van der Waals surface area contributed by atoms with E-state index in [-0.39, 0.29) is 0 Å². The Morgan fingerprint density at radius 3 is 2.92 bits per heavy atom. The average molecular weight is 201 g/mol. The molecule has 0 atom stereocenters. The van der Waals surface area contributed by atoms with Gasteiger partial charge in [0.2, 0.25) is 0 Å². The van der Waals surface area contributed by atoms with E-state index in [2.05, 4.69) is 0 Å². The van der Waals surface area contributed by atoms with Crippen LogP contribution in [0.1, 0.15) is 5.56 Å². The molecule has 0 radical (unpaired) electrons. The number of rotatable bonds is 5. The van der Waals surface area contributed by atoms with Crippen LogP contribution in [0.4, 0.5) is 0 Å². The third kappa shape index (κ3) is 4.27. The van der Waals surface area contributed by atoms with E-state index in [1.54, 1.807) is 7.11 Å². The van der Waals surface area contributed by atoms with Crippen LogP contribution in [0.5, 0.6) is 0 Å². The van der Waals surface area contributed by atoms with Crippen LogP contribution in [-0.4, -0.2) is 20.5 Å². The van der Waals surface area contributed by atoms with E-state index in [9.17, 15) is 0 Å². The lowest BCUT2D eigenvalue weighted by Gasteiger charge is -2.02. The van der Waals surface area contributed by atoms with Crippen molar-refractivity contribution in [2.45, 2.75) is 6.42 Å². The number of ether oxygens (including phenoxy) is 2. The standard InChI is InChI=1S/C10H13ClO2/c1-12-8-13-6-5-9-3-2-4-10(11)7-9/h2-4,7H,5-6,8H2,1H3. The summed E-state index contributed by atoms with van der Waals surface area (Å²) in [5, 5.41) is 0.768. The molecular formula is C10H13ClO2. The van der Waals surface area contributed by atoms with Gasteiger partial charge in [-0.15, -0.1) is 0 Å². The highest BCUT2D eigenvalue weighted by atomic mass is 35.5. The van der Waals surface area contributed by atoms with Gasteiger partial charge in [0.25, 0.3) is 0 Å². The molecule has 0 unspecified atom stereocenters. The fraction of sp³-hybridized carbons (Fsp3) is 0.400. The molecule has 1 aromatic carbocycles. The summed E-state index contributed by atoms with van der Waals surface area (Å²) in [5.74, 6) is 0. The molecule has 3 heteroatoms. The minimum atomic E-state index is 0.348. The molecular weight excluding hydrogens is 188 g/mol. The van der Waals surface area contributed by atoms with Gasteiger partial charge in [0, 0.05) is 12.1 Å². The second-order valence-corrected chi connectivity index (χ2v) is 3.13. The number of benzene rings is 1. The van der Waals surface area contributed by atoms with Gasteiger partial charge in [-0.1, -0.05) is 23.7 Å². The van der Waals surface area contributed by atoms with Crippen molar-refractivity contribution in [2.75, 3.05) is 20.5 Å². The lowest BCUT2D eigenvalue weighted by atomic mass is 10.2. The SMILES string of the molecule is COCOCCc1cccc(Cl)c1. The summed E-state index contributed by atoms with van der Waals surface area (Å²) < 4.78 is 9.92. The zero-order chi connectivity index (χ0) is 9.52. The van der Waals surface area contributed by atoms with Crippen molar-refractivity contribution in [3.8, 4) is 0 Å². The first-order valence-corrected chi connectivity index (χ1v) is 4.52. The molecule has 0 heterocycles. The Bertz CT molecular complexity index is 250. The lowest BCUT2D eigenvalue weighted by Crippen LogP contribution is -2.01. The number of halogens is 1. The molecule has 0 bridgehead atoms. The third-order valence-corrected chi connectivity index (χ3v) is 1.86. The first-order valence-electron chi connectivity index (χ1n) is 4.14. The van der Waals surface area contributed by atoms with Gasteiger partial charge in [-0.3, -0.25) is 0 Å². The Kier molecular flexibility index (Phi) is 4.83. The summed E-state index contributed by atoms with van der Waals surface area (Å²) in [6.45, 7) is 1.01. The van der Waals surface area contributed by atoms with Crippen molar-refractivity contribution in [1.82, 2.24) is 0 Å². The molecule has 0 saturated carbocycles. The fourth-order valence-electron chi connectivity index (χ4n) is 1.02. The van der Waals surface area contributed by atoms with Gasteiger partial charge in [-0.05, 0) is 24.1 Å². The molecule has 1 aromatic rings. The fourth-order valence-corrected chi connectivity index (χ4v) is 1.24. The Hall–Kier alpha value is -0.570. The topological polar surface area (TPSA) is 18.5 Å². The minimum absolute atomic E-state index is 0.348. The van der Waals surface area contributed by atoms with E-state index >= 15 is 0 Å². The van der Waals surface area contributed by atoms with Crippen molar-refractivity contribution in [3.63, 3.8) is 0 Å². The van der Waals surface area contributed by atoms with E-state index < -0.39 is 0 Å². The Morgan fingerprint density at radius 2 is 2.23 bits per heavy atom. The Morgan fingerprint density at radius 1 is 1.38 bits per heavy atom. The molecule has 0 N–H and O–H groups in total. The van der Waals surface area contributed by atoms with Gasteiger partial charge in [0.1, 0.15) is 6.79 Å². The highest BCUT2D eigenvalue weighted by Crippen LogP contribution is 2.10. The molecule has 0 amide bonds. The number of hydrogen-bond acceptors (Lipinski definition) is 2. The first kappa shape index (κ1) is 10.5. The Labute approximate surface area is 83.4 Å². The lowest BCUT2D eigenvalue weighted by molar-refractivity contribution is -0.0291. The summed E-state index contributed by atoms with van der Waals surface area (Å²) in [5.41, 5.74) is 1.18. The molecule has 0 fully saturated rings. The molecule has 0 aliphatic heterocycles. The largest absolute Gasteiger partial charge is 0.359 e. The van der Waals surface area contributed by atoms with Crippen LogP contribution in [0, 0.1) is 0 Å². The summed E-state index contributed by atoms with van der Waals surface area (Å²) in [6.07, 6.45) is 0.865. The Balaban J connectivity index is 2.28. The second-order valence-electron chi connectivity index (χ2n) is 2.69. The van der Waals surface area contributed by atoms with E-state index in [1.807, 2.05) is 24.3 Å². The molecule has 0 saturated heterocycles. The van der Waals surface area contributed by atoms with Crippen LogP contribution >= 0.6 is 11.6 Å². The summed E-state index contributed by atoms with van der Waals surface area (Å²) in [6, 6.07) is 7.77. The van der Waals surface area contributed by atoms with Crippen LogP contribution in [0.3, 0.4) is 0 Å². The predicted molar refractivity (Wildman–Crippen MR) is 53.0 cm³/mol. The molecule has 0 spiro atoms. The third-order valence-electron chi connectivity index (χ3n) is 1.63. The van der Waals surface area contributed by atoms with Crippen LogP contribution < -0.4 is 0 Å². The van der Waals surface area contributed by atoms with Gasteiger partial charge < -0.3 is 9.47 Å². The van der Waals surface area contributed by atoms with Gasteiger partial charge in [-0.2, -0.15) is 0 Å². The van der Waals surface area contributed by atoms with Crippen molar-refractivity contribution in [1.29, 1.82) is 0 Å². The molecule has 13 heavy (non-hydrogen) atoms. The smallest absolute Gasteiger partial charge is 0.146 e. The normalized spacial score (nSPS) is 10.3. The maximum absolute atomic E-state index is 5.82. The van der Waals surface area contributed by atoms with Gasteiger partial charge in [0.15, 0.2) is 0 Å². The van der Waals surface area contributed by atoms with Crippen LogP contribution in [0.15, 0.2) is 24.3 Å². The molecule has 0 aliphatic rings. The minimum Gasteiger partial charge on any atom is -0.359 e. The van der Waals surface area contributed by atoms with Gasteiger partial charge in [-0.25, -0.2) is 0 Å². The average Bonchev–Trinajstić information content (AvgIpc) is 2.13. The van der Waals surface area contributed by atoms with Crippen LogP contribution in [0.2, 0.25) is 5.02 Å². The van der Waals surface area contributed by atoms with E-state index in [0.29, 0.717) is 13.4 Å². The molecule has 72 valence electrons. The molecule has 0 aromatic heterocycles. The van der Waals surface area contributed by atoms with Crippen LogP contribution in [0.25, 0.3) is 0 Å². The number of hydrogen-bond donors (Lipinski definition) is 0. The first-order chi connectivity index (χ1) is 6.33. The van der Waals surface area contributed by atoms with E-state index in [1.165, 1.54) is 5.56 Å². The number of methoxy groups -OCH3 is 1. The maximum Gasteiger partial charge on any atom is 0.146 e. The summed E-state index contributed by atoms with van der Waals surface area (Å²) in [4.78, 5) is 0. The van der Waals surface area contributed by atoms with Crippen molar-refractivity contribution in [2.24, 2.45) is 0 Å². The van der Waals surface area contributed by atoms with E-state index in [4.69, 9.17) is 21.1 Å². The zero-order valence-corrected chi connectivity index (χ0v) is 8.38. The van der Waals surface area contributed by atoms with Crippen molar-refractivity contribution >= 4 is 11.6 Å².